The molecule has 1 aliphatic rings. The highest BCUT2D eigenvalue weighted by atomic mass is 31.2. The zero-order valence-electron chi connectivity index (χ0n) is 13.8. The van der Waals surface area contributed by atoms with Gasteiger partial charge in [0.05, 0.1) is 18.5 Å². The molecule has 0 spiro atoms. The van der Waals surface area contributed by atoms with Crippen molar-refractivity contribution in [3.05, 3.63) is 54.6 Å². The minimum absolute atomic E-state index is 0.172. The molecule has 1 amide bonds. The molecule has 2 aromatic rings. The molecule has 1 saturated heterocycles. The molecule has 2 aromatic carbocycles. The standard InChI is InChI=1S/C18H21N2O4P/c21-18(19-22)14-20-12-4-5-13-24-25(20,23)17-10-8-16(9-11-17)15-6-2-1-3-7-15/h1-3,6-11,22H,4-5,12-14H2,(H,19,21). The molecule has 132 valence electrons. The normalized spacial score (nSPS) is 21.5. The van der Waals surface area contributed by atoms with Crippen LogP contribution >= 0.6 is 7.52 Å². The number of carbonyl (C=O) groups is 1. The van der Waals surface area contributed by atoms with Crippen LogP contribution in [0.4, 0.5) is 0 Å². The lowest BCUT2D eigenvalue weighted by Crippen LogP contribution is -2.36. The van der Waals surface area contributed by atoms with Gasteiger partial charge in [-0.2, -0.15) is 0 Å². The van der Waals surface area contributed by atoms with Gasteiger partial charge < -0.3 is 4.52 Å². The van der Waals surface area contributed by atoms with Gasteiger partial charge in [0.1, 0.15) is 0 Å². The van der Waals surface area contributed by atoms with Gasteiger partial charge in [-0.05, 0) is 36.1 Å². The van der Waals surface area contributed by atoms with Crippen LogP contribution in [0.3, 0.4) is 0 Å². The maximum absolute atomic E-state index is 13.5. The molecule has 1 atom stereocenters. The number of rotatable bonds is 4. The van der Waals surface area contributed by atoms with Crippen LogP contribution in [0.1, 0.15) is 12.8 Å². The van der Waals surface area contributed by atoms with Crippen molar-refractivity contribution in [2.24, 2.45) is 0 Å². The molecule has 1 fully saturated rings. The van der Waals surface area contributed by atoms with Crippen molar-refractivity contribution in [3.8, 4) is 11.1 Å². The first-order chi connectivity index (χ1) is 12.1. The molecule has 6 nitrogen and oxygen atoms in total. The first-order valence-electron chi connectivity index (χ1n) is 8.22. The summed E-state index contributed by atoms with van der Waals surface area (Å²) in [5.74, 6) is -0.605. The first kappa shape index (κ1) is 17.8. The van der Waals surface area contributed by atoms with Gasteiger partial charge in [0, 0.05) is 6.54 Å². The lowest BCUT2D eigenvalue weighted by Gasteiger charge is -2.28. The van der Waals surface area contributed by atoms with E-state index in [2.05, 4.69) is 0 Å². The van der Waals surface area contributed by atoms with Crippen molar-refractivity contribution in [3.63, 3.8) is 0 Å². The van der Waals surface area contributed by atoms with Crippen LogP contribution in [-0.4, -0.2) is 35.5 Å². The van der Waals surface area contributed by atoms with Crippen molar-refractivity contribution in [1.29, 1.82) is 0 Å². The zero-order valence-corrected chi connectivity index (χ0v) is 14.7. The van der Waals surface area contributed by atoms with Crippen molar-refractivity contribution in [2.75, 3.05) is 19.7 Å². The van der Waals surface area contributed by atoms with Crippen molar-refractivity contribution in [1.82, 2.24) is 10.2 Å². The van der Waals surface area contributed by atoms with Gasteiger partial charge in [-0.15, -0.1) is 0 Å². The fourth-order valence-electron chi connectivity index (χ4n) is 2.88. The number of amides is 1. The first-order valence-corrected chi connectivity index (χ1v) is 9.80. The Labute approximate surface area is 146 Å². The summed E-state index contributed by atoms with van der Waals surface area (Å²) in [5.41, 5.74) is 3.69. The Morgan fingerprint density at radius 2 is 1.76 bits per heavy atom. The van der Waals surface area contributed by atoms with Crippen LogP contribution in [0, 0.1) is 0 Å². The highest BCUT2D eigenvalue weighted by molar-refractivity contribution is 7.64. The van der Waals surface area contributed by atoms with Gasteiger partial charge in [-0.25, -0.2) is 10.2 Å². The molecule has 0 bridgehead atoms. The van der Waals surface area contributed by atoms with Crippen molar-refractivity contribution >= 4 is 18.7 Å². The summed E-state index contributed by atoms with van der Waals surface area (Å²) in [7, 11) is -3.34. The summed E-state index contributed by atoms with van der Waals surface area (Å²) >= 11 is 0. The number of hydrogen-bond donors (Lipinski definition) is 2. The molecule has 0 radical (unpaired) electrons. The average molecular weight is 360 g/mol. The monoisotopic (exact) mass is 360 g/mol. The third kappa shape index (κ3) is 3.99. The smallest absolute Gasteiger partial charge is 0.302 e. The number of nitrogens with one attached hydrogen (secondary N) is 1. The fraction of sp³-hybridized carbons (Fsp3) is 0.278. The Morgan fingerprint density at radius 1 is 1.08 bits per heavy atom. The maximum atomic E-state index is 13.5. The SMILES string of the molecule is O=C(CN1CCCCOP1(=O)c1ccc(-c2ccccc2)cc1)NO. The number of nitrogens with zero attached hydrogens (tertiary/aromatic N) is 1. The van der Waals surface area contributed by atoms with Crippen molar-refractivity contribution in [2.45, 2.75) is 12.8 Å². The molecular weight excluding hydrogens is 339 g/mol. The molecule has 25 heavy (non-hydrogen) atoms. The van der Waals surface area contributed by atoms with Crippen LogP contribution in [0.15, 0.2) is 54.6 Å². The minimum Gasteiger partial charge on any atom is -0.314 e. The van der Waals surface area contributed by atoms with E-state index in [1.165, 1.54) is 4.67 Å². The highest BCUT2D eigenvalue weighted by Crippen LogP contribution is 2.51. The summed E-state index contributed by atoms with van der Waals surface area (Å²) in [6.07, 6.45) is 1.56. The van der Waals surface area contributed by atoms with Gasteiger partial charge in [-0.1, -0.05) is 42.5 Å². The van der Waals surface area contributed by atoms with E-state index in [4.69, 9.17) is 9.73 Å². The lowest BCUT2D eigenvalue weighted by atomic mass is 10.1. The Bertz CT molecular complexity index is 764. The molecule has 2 N–H and O–H groups in total. The third-order valence-corrected chi connectivity index (χ3v) is 6.77. The van der Waals surface area contributed by atoms with E-state index >= 15 is 0 Å². The second-order valence-electron chi connectivity index (χ2n) is 5.90. The van der Waals surface area contributed by atoms with Crippen LogP contribution in [-0.2, 0) is 13.9 Å². The summed E-state index contributed by atoms with van der Waals surface area (Å²) in [6.45, 7) is 0.689. The van der Waals surface area contributed by atoms with Gasteiger partial charge >= 0.3 is 7.52 Å². The van der Waals surface area contributed by atoms with E-state index in [0.717, 1.165) is 24.0 Å². The van der Waals surface area contributed by atoms with Crippen LogP contribution in [0.25, 0.3) is 11.1 Å². The Hall–Kier alpha value is -1.98. The van der Waals surface area contributed by atoms with E-state index in [1.54, 1.807) is 17.6 Å². The van der Waals surface area contributed by atoms with E-state index in [-0.39, 0.29) is 6.54 Å². The maximum Gasteiger partial charge on any atom is 0.302 e. The van der Waals surface area contributed by atoms with Crippen LogP contribution < -0.4 is 10.8 Å². The Balaban J connectivity index is 1.90. The van der Waals surface area contributed by atoms with E-state index in [1.807, 2.05) is 42.5 Å². The number of benzene rings is 2. The lowest BCUT2D eigenvalue weighted by molar-refractivity contribution is -0.129. The number of hydroxylamine groups is 1. The van der Waals surface area contributed by atoms with Crippen LogP contribution in [0.2, 0.25) is 0 Å². The largest absolute Gasteiger partial charge is 0.314 e. The number of carbonyl (C=O) groups excluding carboxylic acids is 1. The molecule has 7 heteroatoms. The molecule has 1 unspecified atom stereocenters. The van der Waals surface area contributed by atoms with Gasteiger partial charge in [0.2, 0.25) is 0 Å². The second kappa shape index (κ2) is 7.93. The van der Waals surface area contributed by atoms with Crippen LogP contribution in [0.5, 0.6) is 0 Å². The fourth-order valence-corrected chi connectivity index (χ4v) is 5.14. The van der Waals surface area contributed by atoms with Gasteiger partial charge in [0.15, 0.2) is 0 Å². The summed E-state index contributed by atoms with van der Waals surface area (Å²) < 4.78 is 20.8. The molecule has 1 aliphatic heterocycles. The topological polar surface area (TPSA) is 78.9 Å². The number of hydrogen-bond acceptors (Lipinski definition) is 4. The molecule has 3 rings (SSSR count). The molecule has 0 aromatic heterocycles. The van der Waals surface area contributed by atoms with E-state index < -0.39 is 13.4 Å². The van der Waals surface area contributed by atoms with E-state index in [9.17, 15) is 9.36 Å². The Kier molecular flexibility index (Phi) is 5.66. The highest BCUT2D eigenvalue weighted by Gasteiger charge is 2.36. The van der Waals surface area contributed by atoms with Gasteiger partial charge in [0.25, 0.3) is 5.91 Å². The quantitative estimate of drug-likeness (QED) is 0.498. The molecule has 1 heterocycles. The second-order valence-corrected chi connectivity index (χ2v) is 8.28. The predicted octanol–water partition coefficient (Wildman–Crippen LogP) is 2.79. The molecular formula is C18H21N2O4P. The molecule has 0 saturated carbocycles. The van der Waals surface area contributed by atoms with Crippen molar-refractivity contribution < 1.29 is 19.1 Å². The third-order valence-electron chi connectivity index (χ3n) is 4.20. The predicted molar refractivity (Wildman–Crippen MR) is 95.8 cm³/mol. The molecule has 0 aliphatic carbocycles. The minimum atomic E-state index is -3.34. The summed E-state index contributed by atoms with van der Waals surface area (Å²) in [4.78, 5) is 11.6. The van der Waals surface area contributed by atoms with Gasteiger partial charge in [-0.3, -0.25) is 14.6 Å². The Morgan fingerprint density at radius 3 is 2.44 bits per heavy atom. The van der Waals surface area contributed by atoms with E-state index in [0.29, 0.717) is 18.5 Å². The summed E-state index contributed by atoms with van der Waals surface area (Å²) in [6, 6.07) is 17.3. The summed E-state index contributed by atoms with van der Waals surface area (Å²) in [5, 5.41) is 9.34. The zero-order chi connectivity index (χ0) is 17.7. The average Bonchev–Trinajstić information content (AvgIpc) is 2.85.